The lowest BCUT2D eigenvalue weighted by atomic mass is 10.2. The van der Waals surface area contributed by atoms with Gasteiger partial charge in [-0.1, -0.05) is 11.3 Å². The number of halogens is 5. The van der Waals surface area contributed by atoms with Gasteiger partial charge in [0.1, 0.15) is 11.6 Å². The van der Waals surface area contributed by atoms with Crippen molar-refractivity contribution in [1.29, 1.82) is 0 Å². The van der Waals surface area contributed by atoms with Crippen molar-refractivity contribution < 1.29 is 26.7 Å². The minimum Gasteiger partial charge on any atom is -0.346 e. The molecular formula is C14H11F5N4O. The van der Waals surface area contributed by atoms with Gasteiger partial charge in [-0.05, 0) is 18.9 Å². The lowest BCUT2D eigenvalue weighted by Crippen LogP contribution is -2.27. The van der Waals surface area contributed by atoms with E-state index in [0.29, 0.717) is 23.6 Å². The number of carbonyl (C=O) groups is 1. The number of benzene rings is 1. The summed E-state index contributed by atoms with van der Waals surface area (Å²) in [5.74, 6) is -2.83. The predicted molar refractivity (Wildman–Crippen MR) is 70.8 cm³/mol. The van der Waals surface area contributed by atoms with E-state index in [1.807, 2.05) is 0 Å². The highest BCUT2D eigenvalue weighted by Gasteiger charge is 2.44. The van der Waals surface area contributed by atoms with Gasteiger partial charge in [0.25, 0.3) is 5.91 Å². The lowest BCUT2D eigenvalue weighted by molar-refractivity contribution is -0.144. The van der Waals surface area contributed by atoms with Gasteiger partial charge in [0.15, 0.2) is 11.4 Å². The van der Waals surface area contributed by atoms with Gasteiger partial charge >= 0.3 is 6.18 Å². The van der Waals surface area contributed by atoms with Gasteiger partial charge in [0.2, 0.25) is 0 Å². The fourth-order valence-corrected chi connectivity index (χ4v) is 2.21. The average Bonchev–Trinajstić information content (AvgIpc) is 3.23. The zero-order valence-electron chi connectivity index (χ0n) is 12.1. The van der Waals surface area contributed by atoms with Crippen LogP contribution in [0.4, 0.5) is 22.0 Å². The van der Waals surface area contributed by atoms with Crippen LogP contribution in [-0.4, -0.2) is 20.9 Å². The summed E-state index contributed by atoms with van der Waals surface area (Å²) in [6, 6.07) is 2.28. The van der Waals surface area contributed by atoms with Gasteiger partial charge in [-0.3, -0.25) is 4.79 Å². The minimum atomic E-state index is -4.79. The van der Waals surface area contributed by atoms with Crippen molar-refractivity contribution >= 4 is 5.91 Å². The molecule has 1 amide bonds. The maximum atomic E-state index is 13.5. The van der Waals surface area contributed by atoms with E-state index in [2.05, 4.69) is 15.6 Å². The Kier molecular flexibility index (Phi) is 3.98. The maximum absolute atomic E-state index is 13.5. The molecule has 0 saturated heterocycles. The van der Waals surface area contributed by atoms with E-state index < -0.39 is 47.7 Å². The van der Waals surface area contributed by atoms with Crippen LogP contribution in [0.1, 0.15) is 40.6 Å². The zero-order valence-corrected chi connectivity index (χ0v) is 12.1. The number of amides is 1. The second-order valence-electron chi connectivity index (χ2n) is 5.38. The number of rotatable bonds is 4. The van der Waals surface area contributed by atoms with Crippen LogP contribution in [-0.2, 0) is 12.7 Å². The molecule has 1 aliphatic rings. The van der Waals surface area contributed by atoms with E-state index >= 15 is 0 Å². The van der Waals surface area contributed by atoms with Crippen LogP contribution in [0.5, 0.6) is 0 Å². The van der Waals surface area contributed by atoms with Crippen molar-refractivity contribution in [3.05, 3.63) is 46.8 Å². The number of aromatic nitrogens is 3. The normalized spacial score (nSPS) is 14.7. The summed E-state index contributed by atoms with van der Waals surface area (Å²) in [5.41, 5.74) is -2.15. The molecule has 0 spiro atoms. The van der Waals surface area contributed by atoms with Crippen molar-refractivity contribution in [2.45, 2.75) is 31.6 Å². The SMILES string of the molecule is O=C(NCc1ccc(F)cc1F)c1nnn(C2CC2)c1C(F)(F)F. The number of nitrogens with zero attached hydrogens (tertiary/aromatic N) is 3. The van der Waals surface area contributed by atoms with Crippen LogP contribution >= 0.6 is 0 Å². The number of hydrogen-bond acceptors (Lipinski definition) is 3. The molecule has 1 aliphatic carbocycles. The molecule has 10 heteroatoms. The minimum absolute atomic E-state index is 0.0621. The molecule has 2 aromatic rings. The monoisotopic (exact) mass is 346 g/mol. The second-order valence-corrected chi connectivity index (χ2v) is 5.38. The first-order chi connectivity index (χ1) is 11.3. The van der Waals surface area contributed by atoms with Crippen LogP contribution < -0.4 is 5.32 Å². The molecule has 1 heterocycles. The highest BCUT2D eigenvalue weighted by Crippen LogP contribution is 2.40. The largest absolute Gasteiger partial charge is 0.435 e. The third kappa shape index (κ3) is 3.22. The highest BCUT2D eigenvalue weighted by atomic mass is 19.4. The third-order valence-corrected chi connectivity index (χ3v) is 3.53. The molecule has 1 aromatic carbocycles. The summed E-state index contributed by atoms with van der Waals surface area (Å²) in [6.45, 7) is -0.404. The molecule has 1 aromatic heterocycles. The fraction of sp³-hybridized carbons (Fsp3) is 0.357. The van der Waals surface area contributed by atoms with E-state index in [1.165, 1.54) is 0 Å². The summed E-state index contributed by atoms with van der Waals surface area (Å²) in [6.07, 6.45) is -3.72. The third-order valence-electron chi connectivity index (χ3n) is 3.53. The van der Waals surface area contributed by atoms with Gasteiger partial charge < -0.3 is 5.32 Å². The summed E-state index contributed by atoms with van der Waals surface area (Å²) in [7, 11) is 0. The second kappa shape index (κ2) is 5.84. The molecule has 128 valence electrons. The van der Waals surface area contributed by atoms with Crippen molar-refractivity contribution in [3.63, 3.8) is 0 Å². The number of hydrogen-bond donors (Lipinski definition) is 1. The molecule has 0 radical (unpaired) electrons. The molecule has 0 atom stereocenters. The van der Waals surface area contributed by atoms with Gasteiger partial charge in [0.05, 0.1) is 6.04 Å². The lowest BCUT2D eigenvalue weighted by Gasteiger charge is -2.11. The smallest absolute Gasteiger partial charge is 0.346 e. The quantitative estimate of drug-likeness (QED) is 0.866. The molecule has 0 bridgehead atoms. The van der Waals surface area contributed by atoms with Crippen LogP contribution in [0.25, 0.3) is 0 Å². The van der Waals surface area contributed by atoms with E-state index in [0.717, 1.165) is 12.1 Å². The van der Waals surface area contributed by atoms with Crippen LogP contribution in [0.15, 0.2) is 18.2 Å². The number of alkyl halides is 3. The van der Waals surface area contributed by atoms with E-state index in [1.54, 1.807) is 0 Å². The Labute approximate surface area is 132 Å². The highest BCUT2D eigenvalue weighted by molar-refractivity contribution is 5.93. The molecule has 3 rings (SSSR count). The predicted octanol–water partition coefficient (Wildman–Crippen LogP) is 2.84. The van der Waals surface area contributed by atoms with E-state index in [-0.39, 0.29) is 5.56 Å². The van der Waals surface area contributed by atoms with Crippen LogP contribution in [0.3, 0.4) is 0 Å². The van der Waals surface area contributed by atoms with Crippen LogP contribution in [0, 0.1) is 11.6 Å². The number of nitrogens with one attached hydrogen (secondary N) is 1. The van der Waals surface area contributed by atoms with Gasteiger partial charge in [-0.15, -0.1) is 5.10 Å². The van der Waals surface area contributed by atoms with Crippen molar-refractivity contribution in [2.75, 3.05) is 0 Å². The summed E-state index contributed by atoms with van der Waals surface area (Å²) >= 11 is 0. The molecule has 1 fully saturated rings. The topological polar surface area (TPSA) is 59.8 Å². The average molecular weight is 346 g/mol. The number of carbonyl (C=O) groups excluding carboxylic acids is 1. The molecule has 1 saturated carbocycles. The Hall–Kier alpha value is -2.52. The van der Waals surface area contributed by atoms with Crippen molar-refractivity contribution in [2.24, 2.45) is 0 Å². The fourth-order valence-electron chi connectivity index (χ4n) is 2.21. The maximum Gasteiger partial charge on any atom is 0.435 e. The Morgan fingerprint density at radius 2 is 2.00 bits per heavy atom. The summed E-state index contributed by atoms with van der Waals surface area (Å²) in [4.78, 5) is 12.0. The van der Waals surface area contributed by atoms with Gasteiger partial charge in [-0.2, -0.15) is 13.2 Å². The molecule has 0 unspecified atom stereocenters. The van der Waals surface area contributed by atoms with Crippen molar-refractivity contribution in [3.8, 4) is 0 Å². The van der Waals surface area contributed by atoms with Crippen molar-refractivity contribution in [1.82, 2.24) is 20.3 Å². The Bertz CT molecular complexity index is 782. The summed E-state index contributed by atoms with van der Waals surface area (Å²) < 4.78 is 66.5. The summed E-state index contributed by atoms with van der Waals surface area (Å²) in [5, 5.41) is 8.88. The van der Waals surface area contributed by atoms with Gasteiger partial charge in [-0.25, -0.2) is 13.5 Å². The molecular weight excluding hydrogens is 335 g/mol. The molecule has 5 nitrogen and oxygen atoms in total. The Morgan fingerprint density at radius 1 is 1.29 bits per heavy atom. The first kappa shape index (κ1) is 16.3. The van der Waals surface area contributed by atoms with E-state index in [9.17, 15) is 26.7 Å². The zero-order chi connectivity index (χ0) is 17.5. The molecule has 0 aliphatic heterocycles. The molecule has 24 heavy (non-hydrogen) atoms. The first-order valence-corrected chi connectivity index (χ1v) is 7.02. The Morgan fingerprint density at radius 3 is 2.58 bits per heavy atom. The van der Waals surface area contributed by atoms with E-state index in [4.69, 9.17) is 0 Å². The first-order valence-electron chi connectivity index (χ1n) is 7.02. The van der Waals surface area contributed by atoms with Crippen LogP contribution in [0.2, 0.25) is 0 Å². The molecule has 1 N–H and O–H groups in total. The standard InChI is InChI=1S/C14H11F5N4O/c15-8-2-1-7(10(16)5-8)6-20-13(24)11-12(14(17,18)19)23(22-21-11)9-3-4-9/h1-2,5,9H,3-4,6H2,(H,20,24). The van der Waals surface area contributed by atoms with Gasteiger partial charge in [0, 0.05) is 18.2 Å². The Balaban J connectivity index is 1.80.